The molecule has 0 saturated carbocycles. The maximum absolute atomic E-state index is 11.7. The molecule has 3 heteroatoms. The van der Waals surface area contributed by atoms with E-state index in [1.54, 1.807) is 0 Å². The molecule has 0 bridgehead atoms. The molecule has 16 heavy (non-hydrogen) atoms. The maximum atomic E-state index is 11.7. The molecule has 2 nitrogen and oxygen atoms in total. The second-order valence-corrected chi connectivity index (χ2v) is 4.87. The molecular weight excluding hydrogens is 266 g/mol. The zero-order valence-corrected chi connectivity index (χ0v) is 11.4. The van der Waals surface area contributed by atoms with E-state index in [1.807, 2.05) is 24.3 Å². The highest BCUT2D eigenvalue weighted by Gasteiger charge is 2.05. The van der Waals surface area contributed by atoms with E-state index in [0.29, 0.717) is 5.92 Å². The van der Waals surface area contributed by atoms with Gasteiger partial charge in [-0.25, -0.2) is 0 Å². The van der Waals surface area contributed by atoms with Gasteiger partial charge in [0.05, 0.1) is 0 Å². The lowest BCUT2D eigenvalue weighted by molar-refractivity contribution is 0.0954. The van der Waals surface area contributed by atoms with E-state index in [1.165, 1.54) is 5.56 Å². The summed E-state index contributed by atoms with van der Waals surface area (Å²) >= 11 is 3.33. The molecule has 0 atom stereocenters. The van der Waals surface area contributed by atoms with Crippen molar-refractivity contribution in [1.29, 1.82) is 0 Å². The van der Waals surface area contributed by atoms with Crippen molar-refractivity contribution in [3.63, 3.8) is 0 Å². The highest BCUT2D eigenvalue weighted by Crippen LogP contribution is 2.14. The number of carbonyl (C=O) groups is 1. The normalized spacial score (nSPS) is 10.5. The fourth-order valence-electron chi connectivity index (χ4n) is 1.39. The van der Waals surface area contributed by atoms with Gasteiger partial charge in [0.25, 0.3) is 5.91 Å². The van der Waals surface area contributed by atoms with Crippen molar-refractivity contribution in [2.75, 3.05) is 11.9 Å². The number of hydrogen-bond acceptors (Lipinski definition) is 1. The standard InChI is InChI=1S/C13H18BrNO/c1-10(2)11-4-6-12(7-5-11)13(16)15-9-3-8-14/h4-7,10H,3,8-9H2,1-2H3,(H,15,16). The highest BCUT2D eigenvalue weighted by molar-refractivity contribution is 9.09. The minimum Gasteiger partial charge on any atom is -0.352 e. The SMILES string of the molecule is CC(C)c1ccc(C(=O)NCCCBr)cc1. The Morgan fingerprint density at radius 3 is 2.44 bits per heavy atom. The number of amides is 1. The molecule has 0 radical (unpaired) electrons. The van der Waals surface area contributed by atoms with Gasteiger partial charge in [-0.05, 0) is 30.0 Å². The van der Waals surface area contributed by atoms with Gasteiger partial charge in [-0.1, -0.05) is 41.9 Å². The van der Waals surface area contributed by atoms with E-state index < -0.39 is 0 Å². The summed E-state index contributed by atoms with van der Waals surface area (Å²) in [7, 11) is 0. The van der Waals surface area contributed by atoms with Crippen molar-refractivity contribution in [3.8, 4) is 0 Å². The summed E-state index contributed by atoms with van der Waals surface area (Å²) < 4.78 is 0. The van der Waals surface area contributed by atoms with Crippen LogP contribution in [0.25, 0.3) is 0 Å². The average molecular weight is 284 g/mol. The number of nitrogens with one attached hydrogen (secondary N) is 1. The summed E-state index contributed by atoms with van der Waals surface area (Å²) in [5.41, 5.74) is 2.00. The van der Waals surface area contributed by atoms with Gasteiger partial charge in [0.2, 0.25) is 0 Å². The van der Waals surface area contributed by atoms with E-state index >= 15 is 0 Å². The van der Waals surface area contributed by atoms with Crippen LogP contribution < -0.4 is 5.32 Å². The van der Waals surface area contributed by atoms with Gasteiger partial charge in [-0.15, -0.1) is 0 Å². The first-order valence-corrected chi connectivity index (χ1v) is 6.71. The fraction of sp³-hybridized carbons (Fsp3) is 0.462. The third-order valence-electron chi connectivity index (χ3n) is 2.44. The van der Waals surface area contributed by atoms with Crippen molar-refractivity contribution in [2.45, 2.75) is 26.2 Å². The molecule has 0 spiro atoms. The summed E-state index contributed by atoms with van der Waals surface area (Å²) in [4.78, 5) is 11.7. The number of hydrogen-bond donors (Lipinski definition) is 1. The van der Waals surface area contributed by atoms with Crippen LogP contribution >= 0.6 is 15.9 Å². The first-order valence-electron chi connectivity index (χ1n) is 5.59. The molecule has 0 aliphatic heterocycles. The Kier molecular flexibility index (Phi) is 5.53. The second-order valence-electron chi connectivity index (χ2n) is 4.08. The second kappa shape index (κ2) is 6.69. The van der Waals surface area contributed by atoms with Crippen molar-refractivity contribution in [3.05, 3.63) is 35.4 Å². The van der Waals surface area contributed by atoms with Gasteiger partial charge in [0, 0.05) is 17.4 Å². The van der Waals surface area contributed by atoms with Crippen molar-refractivity contribution >= 4 is 21.8 Å². The third kappa shape index (κ3) is 3.97. The summed E-state index contributed by atoms with van der Waals surface area (Å²) in [6.45, 7) is 5.01. The Balaban J connectivity index is 2.56. The predicted molar refractivity (Wildman–Crippen MR) is 71.3 cm³/mol. The van der Waals surface area contributed by atoms with Crippen molar-refractivity contribution < 1.29 is 4.79 Å². The molecule has 1 aromatic rings. The lowest BCUT2D eigenvalue weighted by Crippen LogP contribution is -2.24. The van der Waals surface area contributed by atoms with Crippen LogP contribution in [-0.2, 0) is 0 Å². The number of halogens is 1. The van der Waals surface area contributed by atoms with E-state index in [9.17, 15) is 4.79 Å². The lowest BCUT2D eigenvalue weighted by atomic mass is 10.0. The third-order valence-corrected chi connectivity index (χ3v) is 3.00. The smallest absolute Gasteiger partial charge is 0.251 e. The molecule has 0 fully saturated rings. The number of carbonyl (C=O) groups excluding carboxylic acids is 1. The molecule has 0 aliphatic rings. The van der Waals surface area contributed by atoms with Crippen LogP contribution in [-0.4, -0.2) is 17.8 Å². The molecule has 0 aromatic heterocycles. The molecular formula is C13H18BrNO. The van der Waals surface area contributed by atoms with Crippen LogP contribution in [0.1, 0.15) is 42.1 Å². The lowest BCUT2D eigenvalue weighted by Gasteiger charge is -2.07. The predicted octanol–water partition coefficient (Wildman–Crippen LogP) is 3.32. The van der Waals surface area contributed by atoms with Crippen molar-refractivity contribution in [2.24, 2.45) is 0 Å². The first-order chi connectivity index (χ1) is 7.65. The first kappa shape index (κ1) is 13.2. The fourth-order valence-corrected chi connectivity index (χ4v) is 1.67. The van der Waals surface area contributed by atoms with Crippen LogP contribution in [0.2, 0.25) is 0 Å². The number of benzene rings is 1. The Morgan fingerprint density at radius 2 is 1.94 bits per heavy atom. The highest BCUT2D eigenvalue weighted by atomic mass is 79.9. The van der Waals surface area contributed by atoms with Crippen molar-refractivity contribution in [1.82, 2.24) is 5.32 Å². The van der Waals surface area contributed by atoms with Gasteiger partial charge in [0.15, 0.2) is 0 Å². The molecule has 0 heterocycles. The van der Waals surface area contributed by atoms with Gasteiger partial charge in [-0.2, -0.15) is 0 Å². The minimum atomic E-state index is 0.0104. The molecule has 0 aliphatic carbocycles. The Morgan fingerprint density at radius 1 is 1.31 bits per heavy atom. The van der Waals surface area contributed by atoms with Gasteiger partial charge in [0.1, 0.15) is 0 Å². The number of alkyl halides is 1. The largest absolute Gasteiger partial charge is 0.352 e. The van der Waals surface area contributed by atoms with E-state index in [2.05, 4.69) is 35.1 Å². The molecule has 1 aromatic carbocycles. The zero-order chi connectivity index (χ0) is 12.0. The zero-order valence-electron chi connectivity index (χ0n) is 9.79. The molecule has 1 rings (SSSR count). The Labute approximate surface area is 106 Å². The quantitative estimate of drug-likeness (QED) is 0.652. The summed E-state index contributed by atoms with van der Waals surface area (Å²) in [6.07, 6.45) is 0.954. The van der Waals surface area contributed by atoms with Gasteiger partial charge in [-0.3, -0.25) is 4.79 Å². The van der Waals surface area contributed by atoms with E-state index in [-0.39, 0.29) is 5.91 Å². The van der Waals surface area contributed by atoms with Gasteiger partial charge < -0.3 is 5.32 Å². The Hall–Kier alpha value is -0.830. The summed E-state index contributed by atoms with van der Waals surface area (Å²) in [6, 6.07) is 7.81. The van der Waals surface area contributed by atoms with Crippen LogP contribution in [0.5, 0.6) is 0 Å². The summed E-state index contributed by atoms with van der Waals surface area (Å²) in [5.74, 6) is 0.516. The monoisotopic (exact) mass is 283 g/mol. The molecule has 88 valence electrons. The van der Waals surface area contributed by atoms with Crippen LogP contribution in [0, 0.1) is 0 Å². The number of rotatable bonds is 5. The van der Waals surface area contributed by atoms with E-state index in [0.717, 1.165) is 23.9 Å². The molecule has 1 N–H and O–H groups in total. The van der Waals surface area contributed by atoms with Crippen LogP contribution in [0.4, 0.5) is 0 Å². The van der Waals surface area contributed by atoms with E-state index in [4.69, 9.17) is 0 Å². The minimum absolute atomic E-state index is 0.0104. The molecule has 0 saturated heterocycles. The van der Waals surface area contributed by atoms with Crippen LogP contribution in [0.15, 0.2) is 24.3 Å². The maximum Gasteiger partial charge on any atom is 0.251 e. The topological polar surface area (TPSA) is 29.1 Å². The molecule has 1 amide bonds. The molecule has 0 unspecified atom stereocenters. The van der Waals surface area contributed by atoms with Crippen LogP contribution in [0.3, 0.4) is 0 Å². The average Bonchev–Trinajstić information content (AvgIpc) is 2.29. The Bertz CT molecular complexity index is 332. The van der Waals surface area contributed by atoms with Gasteiger partial charge >= 0.3 is 0 Å². The summed E-state index contributed by atoms with van der Waals surface area (Å²) in [5, 5.41) is 3.80.